The first kappa shape index (κ1) is 15.0. The number of piperidine rings is 1. The summed E-state index contributed by atoms with van der Waals surface area (Å²) in [5.41, 5.74) is 0.472. The van der Waals surface area contributed by atoms with Gasteiger partial charge in [0.25, 0.3) is 0 Å². The van der Waals surface area contributed by atoms with Gasteiger partial charge >= 0.3 is 0 Å². The van der Waals surface area contributed by atoms with Gasteiger partial charge in [0.1, 0.15) is 0 Å². The number of aliphatic hydroxyl groups excluding tert-OH is 2. The average molecular weight is 278 g/mol. The van der Waals surface area contributed by atoms with Crippen LogP contribution in [0, 0.1) is 0 Å². The molecule has 1 aromatic carbocycles. The molecule has 0 radical (unpaired) electrons. The number of hydrogen-bond acceptors (Lipinski definition) is 4. The molecule has 0 saturated carbocycles. The minimum atomic E-state index is -0.909. The van der Waals surface area contributed by atoms with E-state index < -0.39 is 11.5 Å². The van der Waals surface area contributed by atoms with Crippen LogP contribution in [0.2, 0.25) is 0 Å². The second-order valence-electron chi connectivity index (χ2n) is 5.24. The zero-order valence-corrected chi connectivity index (χ0v) is 11.5. The van der Waals surface area contributed by atoms with E-state index in [0.717, 1.165) is 31.5 Å². The van der Waals surface area contributed by atoms with Crippen LogP contribution in [-0.2, 0) is 10.2 Å². The van der Waals surface area contributed by atoms with Crippen LogP contribution in [0.25, 0.3) is 0 Å². The highest BCUT2D eigenvalue weighted by molar-refractivity contribution is 5.88. The number of aliphatic hydroxyl groups is 2. The maximum absolute atomic E-state index is 12.6. The number of nitrogens with one attached hydrogen (secondary N) is 2. The first-order chi connectivity index (χ1) is 9.69. The predicted molar refractivity (Wildman–Crippen MR) is 76.3 cm³/mol. The maximum Gasteiger partial charge on any atom is 0.230 e. The fraction of sp³-hybridized carbons (Fsp3) is 0.533. The van der Waals surface area contributed by atoms with Crippen molar-refractivity contribution < 1.29 is 15.0 Å². The van der Waals surface area contributed by atoms with Crippen LogP contribution < -0.4 is 10.6 Å². The Balaban J connectivity index is 2.17. The molecule has 1 unspecified atom stereocenters. The molecule has 2 rings (SSSR count). The number of carbonyl (C=O) groups excluding carboxylic acids is 1. The van der Waals surface area contributed by atoms with Crippen molar-refractivity contribution in [1.82, 2.24) is 10.6 Å². The molecule has 1 aromatic rings. The molecule has 110 valence electrons. The summed E-state index contributed by atoms with van der Waals surface area (Å²) in [7, 11) is 0. The second-order valence-corrected chi connectivity index (χ2v) is 5.24. The van der Waals surface area contributed by atoms with E-state index in [0.29, 0.717) is 0 Å². The van der Waals surface area contributed by atoms with Crippen molar-refractivity contribution in [3.05, 3.63) is 35.9 Å². The van der Waals surface area contributed by atoms with Crippen molar-refractivity contribution >= 4 is 5.91 Å². The van der Waals surface area contributed by atoms with Gasteiger partial charge in [-0.25, -0.2) is 0 Å². The van der Waals surface area contributed by atoms with Crippen molar-refractivity contribution in [1.29, 1.82) is 0 Å². The Morgan fingerprint density at radius 2 is 1.95 bits per heavy atom. The molecule has 5 heteroatoms. The third-order valence-corrected chi connectivity index (χ3v) is 3.93. The topological polar surface area (TPSA) is 81.6 Å². The quantitative estimate of drug-likeness (QED) is 0.600. The molecule has 0 spiro atoms. The van der Waals surface area contributed by atoms with E-state index in [1.807, 2.05) is 30.3 Å². The summed E-state index contributed by atoms with van der Waals surface area (Å²) in [4.78, 5) is 12.6. The van der Waals surface area contributed by atoms with Crippen LogP contribution in [0.1, 0.15) is 18.4 Å². The normalized spacial score (nSPS) is 19.3. The van der Waals surface area contributed by atoms with Gasteiger partial charge in [0.2, 0.25) is 5.91 Å². The summed E-state index contributed by atoms with van der Waals surface area (Å²) in [6.07, 6.45) is 0.560. The Morgan fingerprint density at radius 3 is 2.55 bits per heavy atom. The Hall–Kier alpha value is -1.43. The van der Waals surface area contributed by atoms with Crippen LogP contribution in [-0.4, -0.2) is 48.5 Å². The van der Waals surface area contributed by atoms with Gasteiger partial charge in [0.05, 0.1) is 18.1 Å². The number of benzene rings is 1. The lowest BCUT2D eigenvalue weighted by Gasteiger charge is -2.37. The molecule has 1 atom stereocenters. The molecule has 20 heavy (non-hydrogen) atoms. The van der Waals surface area contributed by atoms with Crippen molar-refractivity contribution in [2.75, 3.05) is 26.2 Å². The number of rotatable bonds is 5. The summed E-state index contributed by atoms with van der Waals surface area (Å²) in [6, 6.07) is 9.77. The summed E-state index contributed by atoms with van der Waals surface area (Å²) < 4.78 is 0. The largest absolute Gasteiger partial charge is 0.394 e. The molecule has 1 saturated heterocycles. The van der Waals surface area contributed by atoms with Crippen LogP contribution in [0.4, 0.5) is 0 Å². The van der Waals surface area contributed by atoms with Crippen LogP contribution >= 0.6 is 0 Å². The molecular weight excluding hydrogens is 256 g/mol. The molecule has 0 bridgehead atoms. The zero-order chi connectivity index (χ0) is 14.4. The van der Waals surface area contributed by atoms with Gasteiger partial charge in [-0.2, -0.15) is 0 Å². The fourth-order valence-corrected chi connectivity index (χ4v) is 2.70. The van der Waals surface area contributed by atoms with Gasteiger partial charge < -0.3 is 20.8 Å². The van der Waals surface area contributed by atoms with E-state index in [4.69, 9.17) is 5.11 Å². The molecule has 1 heterocycles. The van der Waals surface area contributed by atoms with Gasteiger partial charge in [-0.05, 0) is 31.5 Å². The Morgan fingerprint density at radius 1 is 1.30 bits per heavy atom. The molecule has 1 aliphatic heterocycles. The van der Waals surface area contributed by atoms with E-state index in [-0.39, 0.29) is 19.1 Å². The minimum absolute atomic E-state index is 0.0716. The first-order valence-corrected chi connectivity index (χ1v) is 7.02. The van der Waals surface area contributed by atoms with Gasteiger partial charge in [-0.3, -0.25) is 4.79 Å². The highest BCUT2D eigenvalue weighted by Crippen LogP contribution is 2.33. The van der Waals surface area contributed by atoms with Crippen LogP contribution in [0.5, 0.6) is 0 Å². The average Bonchev–Trinajstić information content (AvgIpc) is 2.53. The Labute approximate surface area is 119 Å². The molecule has 1 aliphatic rings. The molecular formula is C15H22N2O3. The smallest absolute Gasteiger partial charge is 0.230 e. The lowest BCUT2D eigenvalue weighted by Crippen LogP contribution is -2.52. The maximum atomic E-state index is 12.6. The lowest BCUT2D eigenvalue weighted by atomic mass is 9.72. The highest BCUT2D eigenvalue weighted by Gasteiger charge is 2.40. The third-order valence-electron chi connectivity index (χ3n) is 3.93. The monoisotopic (exact) mass is 278 g/mol. The van der Waals surface area contributed by atoms with Gasteiger partial charge in [0, 0.05) is 6.54 Å². The summed E-state index contributed by atoms with van der Waals surface area (Å²) in [5, 5.41) is 24.2. The standard InChI is InChI=1S/C15H22N2O3/c18-11-13(19)10-17-14(20)15(6-8-16-9-7-15)12-4-2-1-3-5-12/h1-5,13,16,18-19H,6-11H2,(H,17,20). The third kappa shape index (κ3) is 3.17. The summed E-state index contributed by atoms with van der Waals surface area (Å²) in [6.45, 7) is 1.33. The summed E-state index contributed by atoms with van der Waals surface area (Å²) in [5.74, 6) is -0.0716. The van der Waals surface area contributed by atoms with E-state index in [1.165, 1.54) is 0 Å². The second kappa shape index (κ2) is 6.83. The van der Waals surface area contributed by atoms with Crippen molar-refractivity contribution in [3.8, 4) is 0 Å². The Kier molecular flexibility index (Phi) is 5.11. The van der Waals surface area contributed by atoms with E-state index in [1.54, 1.807) is 0 Å². The highest BCUT2D eigenvalue weighted by atomic mass is 16.3. The fourth-order valence-electron chi connectivity index (χ4n) is 2.70. The van der Waals surface area contributed by atoms with Gasteiger partial charge in [-0.1, -0.05) is 30.3 Å². The van der Waals surface area contributed by atoms with Crippen molar-refractivity contribution in [3.63, 3.8) is 0 Å². The minimum Gasteiger partial charge on any atom is -0.394 e. The van der Waals surface area contributed by atoms with Gasteiger partial charge in [-0.15, -0.1) is 0 Å². The van der Waals surface area contributed by atoms with E-state index in [2.05, 4.69) is 10.6 Å². The number of carbonyl (C=O) groups is 1. The molecule has 0 aromatic heterocycles. The molecule has 0 aliphatic carbocycles. The molecule has 1 amide bonds. The first-order valence-electron chi connectivity index (χ1n) is 7.02. The van der Waals surface area contributed by atoms with Gasteiger partial charge in [0.15, 0.2) is 0 Å². The molecule has 1 fully saturated rings. The Bertz CT molecular complexity index is 430. The number of amides is 1. The van der Waals surface area contributed by atoms with Crippen molar-refractivity contribution in [2.24, 2.45) is 0 Å². The van der Waals surface area contributed by atoms with Crippen molar-refractivity contribution in [2.45, 2.75) is 24.4 Å². The SMILES string of the molecule is O=C(NCC(O)CO)C1(c2ccccc2)CCNCC1. The van der Waals surface area contributed by atoms with Crippen LogP contribution in [0.15, 0.2) is 30.3 Å². The van der Waals surface area contributed by atoms with Crippen LogP contribution in [0.3, 0.4) is 0 Å². The zero-order valence-electron chi connectivity index (χ0n) is 11.5. The van der Waals surface area contributed by atoms with E-state index in [9.17, 15) is 9.90 Å². The van der Waals surface area contributed by atoms with E-state index >= 15 is 0 Å². The predicted octanol–water partition coefficient (Wildman–Crippen LogP) is -0.223. The molecule has 4 N–H and O–H groups in total. The summed E-state index contributed by atoms with van der Waals surface area (Å²) >= 11 is 0. The number of hydrogen-bond donors (Lipinski definition) is 4. The lowest BCUT2D eigenvalue weighted by molar-refractivity contribution is -0.128. The molecule has 5 nitrogen and oxygen atoms in total.